The van der Waals surface area contributed by atoms with Crippen LogP contribution in [0.3, 0.4) is 0 Å². The van der Waals surface area contributed by atoms with Crippen molar-refractivity contribution in [1.82, 2.24) is 10.4 Å². The summed E-state index contributed by atoms with van der Waals surface area (Å²) in [7, 11) is 0. The highest BCUT2D eigenvalue weighted by Gasteiger charge is 2.67. The second-order valence-electron chi connectivity index (χ2n) is 10.9. The zero-order chi connectivity index (χ0) is 24.3. The SMILES string of the molecule is CC(C)CN(Cc1ccc(C(=O)NN2C(=O)[C@@H]3[C@@H]4C=C[C@@H]([C@H]5C[C@@H]45)[C@@H]3C2=O)cc1)c1ccccc1. The summed E-state index contributed by atoms with van der Waals surface area (Å²) in [5, 5.41) is 1.00. The minimum Gasteiger partial charge on any atom is -0.367 e. The molecule has 0 aromatic heterocycles. The number of rotatable bonds is 7. The molecule has 0 spiro atoms. The lowest BCUT2D eigenvalue weighted by molar-refractivity contribution is -0.143. The number of hydrazine groups is 1. The molecular weight excluding hydrogens is 438 g/mol. The van der Waals surface area contributed by atoms with E-state index in [0.717, 1.165) is 35.8 Å². The molecule has 6 atom stereocenters. The van der Waals surface area contributed by atoms with E-state index in [1.165, 1.54) is 0 Å². The first-order chi connectivity index (χ1) is 16.9. The van der Waals surface area contributed by atoms with Crippen LogP contribution in [-0.4, -0.2) is 29.3 Å². The summed E-state index contributed by atoms with van der Waals surface area (Å²) < 4.78 is 0. The first-order valence-corrected chi connectivity index (χ1v) is 12.7. The number of benzene rings is 2. The summed E-state index contributed by atoms with van der Waals surface area (Å²) in [6.07, 6.45) is 5.38. The maximum absolute atomic E-state index is 13.1. The average molecular weight is 470 g/mol. The predicted molar refractivity (Wildman–Crippen MR) is 133 cm³/mol. The standard InChI is InChI=1S/C29H31N3O3/c1-17(2)15-31(20-6-4-3-5-7-20)16-18-8-10-19(11-9-18)27(33)30-32-28(34)25-21-12-13-22(24-14-23(21)24)26(25)29(32)35/h3-13,17,21-26H,14-16H2,1-2H3,(H,30,33)/t21-,22+,23+,24-,25-,26+. The molecule has 4 aliphatic carbocycles. The third kappa shape index (κ3) is 3.76. The molecule has 3 amide bonds. The molecular formula is C29H31N3O3. The first kappa shape index (κ1) is 22.1. The molecule has 1 heterocycles. The van der Waals surface area contributed by atoms with Gasteiger partial charge in [-0.3, -0.25) is 19.8 Å². The van der Waals surface area contributed by atoms with Crippen molar-refractivity contribution in [3.63, 3.8) is 0 Å². The van der Waals surface area contributed by atoms with Crippen molar-refractivity contribution in [3.05, 3.63) is 77.9 Å². The van der Waals surface area contributed by atoms with Crippen LogP contribution in [-0.2, 0) is 16.1 Å². The number of para-hydroxylation sites is 1. The van der Waals surface area contributed by atoms with E-state index < -0.39 is 5.91 Å². The smallest absolute Gasteiger partial charge is 0.270 e. The number of nitrogens with zero attached hydrogens (tertiary/aromatic N) is 2. The van der Waals surface area contributed by atoms with E-state index in [1.807, 2.05) is 30.3 Å². The number of carbonyl (C=O) groups excluding carboxylic acids is 3. The van der Waals surface area contributed by atoms with Gasteiger partial charge in [0.05, 0.1) is 11.8 Å². The second kappa shape index (κ2) is 8.36. The van der Waals surface area contributed by atoms with E-state index in [9.17, 15) is 14.4 Å². The average Bonchev–Trinajstić information content (AvgIpc) is 3.65. The van der Waals surface area contributed by atoms with Gasteiger partial charge in [-0.15, -0.1) is 0 Å². The van der Waals surface area contributed by atoms with E-state index in [2.05, 4.69) is 48.5 Å². The van der Waals surface area contributed by atoms with Crippen LogP contribution in [0, 0.1) is 41.4 Å². The molecule has 6 nitrogen and oxygen atoms in total. The number of hydrogen-bond donors (Lipinski definition) is 1. The number of carbonyl (C=O) groups is 3. The minimum absolute atomic E-state index is 0.144. The topological polar surface area (TPSA) is 69.7 Å². The molecule has 35 heavy (non-hydrogen) atoms. The Hall–Kier alpha value is -3.41. The largest absolute Gasteiger partial charge is 0.367 e. The third-order valence-corrected chi connectivity index (χ3v) is 8.17. The summed E-state index contributed by atoms with van der Waals surface area (Å²) in [5.74, 6) is 0.332. The first-order valence-electron chi connectivity index (χ1n) is 12.7. The molecule has 7 rings (SSSR count). The molecule has 3 fully saturated rings. The van der Waals surface area contributed by atoms with Gasteiger partial charge < -0.3 is 4.90 Å². The van der Waals surface area contributed by atoms with Gasteiger partial charge in [0, 0.05) is 24.3 Å². The molecule has 0 unspecified atom stereocenters. The van der Waals surface area contributed by atoms with Gasteiger partial charge in [0.1, 0.15) is 0 Å². The van der Waals surface area contributed by atoms with Crippen LogP contribution in [0.5, 0.6) is 0 Å². The van der Waals surface area contributed by atoms with Crippen LogP contribution < -0.4 is 10.3 Å². The van der Waals surface area contributed by atoms with E-state index in [-0.39, 0.29) is 35.5 Å². The maximum Gasteiger partial charge on any atom is 0.270 e. The fourth-order valence-corrected chi connectivity index (χ4v) is 6.56. The van der Waals surface area contributed by atoms with Gasteiger partial charge in [-0.2, -0.15) is 5.01 Å². The maximum atomic E-state index is 13.1. The van der Waals surface area contributed by atoms with E-state index in [4.69, 9.17) is 0 Å². The Labute approximate surface area is 206 Å². The summed E-state index contributed by atoms with van der Waals surface area (Å²) >= 11 is 0. The quantitative estimate of drug-likeness (QED) is 0.491. The summed E-state index contributed by atoms with van der Waals surface area (Å²) in [5.41, 5.74) is 5.31. The molecule has 5 aliphatic rings. The van der Waals surface area contributed by atoms with Crippen LogP contribution in [0.1, 0.15) is 36.2 Å². The highest BCUT2D eigenvalue weighted by atomic mass is 16.2. The lowest BCUT2D eigenvalue weighted by Crippen LogP contribution is -2.46. The summed E-state index contributed by atoms with van der Waals surface area (Å²) in [4.78, 5) is 41.5. The lowest BCUT2D eigenvalue weighted by Gasteiger charge is -2.37. The van der Waals surface area contributed by atoms with Gasteiger partial charge in [-0.25, -0.2) is 0 Å². The third-order valence-electron chi connectivity index (χ3n) is 8.17. The molecule has 180 valence electrons. The fraction of sp³-hybridized carbons (Fsp3) is 0.414. The van der Waals surface area contributed by atoms with Crippen molar-refractivity contribution in [2.24, 2.45) is 41.4 Å². The molecule has 1 N–H and O–H groups in total. The molecule has 2 aromatic carbocycles. The predicted octanol–water partition coefficient (Wildman–Crippen LogP) is 4.05. The Morgan fingerprint density at radius 1 is 0.943 bits per heavy atom. The van der Waals surface area contributed by atoms with Gasteiger partial charge >= 0.3 is 0 Å². The molecule has 2 aromatic rings. The molecule has 0 radical (unpaired) electrons. The molecule has 1 saturated heterocycles. The molecule has 2 bridgehead atoms. The highest BCUT2D eigenvalue weighted by molar-refractivity contribution is 6.08. The van der Waals surface area contributed by atoms with Crippen molar-refractivity contribution in [2.45, 2.75) is 26.8 Å². The van der Waals surface area contributed by atoms with E-state index in [1.54, 1.807) is 12.1 Å². The second-order valence-corrected chi connectivity index (χ2v) is 10.9. The zero-order valence-corrected chi connectivity index (χ0v) is 20.1. The Bertz CT molecular complexity index is 1150. The van der Waals surface area contributed by atoms with Crippen molar-refractivity contribution in [3.8, 4) is 0 Å². The van der Waals surface area contributed by atoms with Gasteiger partial charge in [0.2, 0.25) is 0 Å². The molecule has 2 saturated carbocycles. The number of allylic oxidation sites excluding steroid dienone is 2. The van der Waals surface area contributed by atoms with Crippen LogP contribution in [0.2, 0.25) is 0 Å². The van der Waals surface area contributed by atoms with Crippen LogP contribution >= 0.6 is 0 Å². The monoisotopic (exact) mass is 469 g/mol. The van der Waals surface area contributed by atoms with Crippen LogP contribution in [0.25, 0.3) is 0 Å². The Morgan fingerprint density at radius 2 is 1.54 bits per heavy atom. The number of amides is 3. The van der Waals surface area contributed by atoms with Crippen molar-refractivity contribution < 1.29 is 14.4 Å². The Kier molecular flexibility index (Phi) is 5.28. The van der Waals surface area contributed by atoms with Crippen molar-refractivity contribution >= 4 is 23.4 Å². The van der Waals surface area contributed by atoms with Gasteiger partial charge in [-0.05, 0) is 65.8 Å². The van der Waals surface area contributed by atoms with Gasteiger partial charge in [0.15, 0.2) is 0 Å². The van der Waals surface area contributed by atoms with Gasteiger partial charge in [0.25, 0.3) is 17.7 Å². The molecule has 6 heteroatoms. The normalized spacial score (nSPS) is 29.9. The molecule has 1 aliphatic heterocycles. The summed E-state index contributed by atoms with van der Waals surface area (Å²) in [6, 6.07) is 17.7. The van der Waals surface area contributed by atoms with Crippen LogP contribution in [0.15, 0.2) is 66.7 Å². The minimum atomic E-state index is -0.426. The van der Waals surface area contributed by atoms with E-state index in [0.29, 0.717) is 23.3 Å². The van der Waals surface area contributed by atoms with Crippen LogP contribution in [0.4, 0.5) is 5.69 Å². The van der Waals surface area contributed by atoms with E-state index >= 15 is 0 Å². The summed E-state index contributed by atoms with van der Waals surface area (Å²) in [6.45, 7) is 6.05. The van der Waals surface area contributed by atoms with Gasteiger partial charge in [-0.1, -0.05) is 56.3 Å². The Balaban J connectivity index is 1.13. The fourth-order valence-electron chi connectivity index (χ4n) is 6.56. The Morgan fingerprint density at radius 3 is 2.11 bits per heavy atom. The number of nitrogens with one attached hydrogen (secondary N) is 1. The lowest BCUT2D eigenvalue weighted by atomic mass is 9.63. The number of hydrogen-bond acceptors (Lipinski definition) is 4. The zero-order valence-electron chi connectivity index (χ0n) is 20.1. The highest BCUT2D eigenvalue weighted by Crippen LogP contribution is 2.65. The number of imide groups is 1. The van der Waals surface area contributed by atoms with Crippen molar-refractivity contribution in [1.29, 1.82) is 0 Å². The number of anilines is 1. The van der Waals surface area contributed by atoms with Crippen molar-refractivity contribution in [2.75, 3.05) is 11.4 Å².